The summed E-state index contributed by atoms with van der Waals surface area (Å²) in [6.07, 6.45) is 2.04. The molecule has 4 rings (SSSR count). The third-order valence-electron chi connectivity index (χ3n) is 5.28. The molecule has 4 nitrogen and oxygen atoms in total. The van der Waals surface area contributed by atoms with Crippen LogP contribution in [-0.4, -0.2) is 40.3 Å². The van der Waals surface area contributed by atoms with E-state index in [-0.39, 0.29) is 24.0 Å². The molecular weight excluding hydrogens is 336 g/mol. The molecule has 0 saturated carbocycles. The molecule has 0 bridgehead atoms. The van der Waals surface area contributed by atoms with Crippen molar-refractivity contribution in [2.75, 3.05) is 13.1 Å². The number of aryl methyl sites for hydroxylation is 1. The molecule has 1 fully saturated rings. The largest absolute Gasteiger partial charge is 0.505 e. The zero-order valence-electron chi connectivity index (χ0n) is 16.1. The van der Waals surface area contributed by atoms with Gasteiger partial charge in [-0.25, -0.2) is 0 Å². The second-order valence-electron chi connectivity index (χ2n) is 7.60. The number of pyridine rings is 1. The number of ether oxygens (including phenoxy) is 1. The maximum Gasteiger partial charge on any atom is 0.146 e. The van der Waals surface area contributed by atoms with Gasteiger partial charge in [-0.15, -0.1) is 0 Å². The van der Waals surface area contributed by atoms with Gasteiger partial charge in [0.1, 0.15) is 11.3 Å². The average molecular weight is 362 g/mol. The van der Waals surface area contributed by atoms with Gasteiger partial charge in [-0.3, -0.25) is 9.88 Å². The summed E-state index contributed by atoms with van der Waals surface area (Å²) in [5.41, 5.74) is 3.95. The number of hydrogen-bond acceptors (Lipinski definition) is 4. The van der Waals surface area contributed by atoms with Crippen molar-refractivity contribution in [3.8, 4) is 5.75 Å². The van der Waals surface area contributed by atoms with Gasteiger partial charge in [0.25, 0.3) is 0 Å². The van der Waals surface area contributed by atoms with E-state index in [1.807, 2.05) is 24.3 Å². The fourth-order valence-corrected chi connectivity index (χ4v) is 4.13. The quantitative estimate of drug-likeness (QED) is 0.748. The number of benzene rings is 2. The topological polar surface area (TPSA) is 45.6 Å². The van der Waals surface area contributed by atoms with Crippen LogP contribution in [0.5, 0.6) is 5.75 Å². The lowest BCUT2D eigenvalue weighted by Gasteiger charge is -2.40. The molecule has 3 atom stereocenters. The van der Waals surface area contributed by atoms with Gasteiger partial charge in [0.05, 0.1) is 18.2 Å². The van der Waals surface area contributed by atoms with Crippen molar-refractivity contribution in [1.29, 1.82) is 0 Å². The number of aromatic hydroxyl groups is 1. The van der Waals surface area contributed by atoms with E-state index in [0.717, 1.165) is 24.0 Å². The molecule has 0 spiro atoms. The summed E-state index contributed by atoms with van der Waals surface area (Å²) in [5.74, 6) is 0.269. The third-order valence-corrected chi connectivity index (χ3v) is 5.28. The van der Waals surface area contributed by atoms with Gasteiger partial charge >= 0.3 is 0 Å². The maximum absolute atomic E-state index is 11.1. The molecule has 0 amide bonds. The summed E-state index contributed by atoms with van der Waals surface area (Å²) in [5, 5.41) is 12.0. The molecule has 3 aromatic rings. The van der Waals surface area contributed by atoms with Crippen LogP contribution in [0.4, 0.5) is 0 Å². The molecule has 1 N–H and O–H groups in total. The van der Waals surface area contributed by atoms with E-state index < -0.39 is 0 Å². The highest BCUT2D eigenvalue weighted by Gasteiger charge is 2.31. The van der Waals surface area contributed by atoms with Gasteiger partial charge in [-0.1, -0.05) is 48.0 Å². The van der Waals surface area contributed by atoms with Crippen molar-refractivity contribution in [2.45, 2.75) is 39.0 Å². The molecule has 1 aliphatic rings. The average Bonchev–Trinajstić information content (AvgIpc) is 2.65. The van der Waals surface area contributed by atoms with Gasteiger partial charge in [-0.2, -0.15) is 0 Å². The van der Waals surface area contributed by atoms with Crippen LogP contribution in [0.2, 0.25) is 0 Å². The maximum atomic E-state index is 11.1. The molecule has 0 radical (unpaired) electrons. The smallest absolute Gasteiger partial charge is 0.146 e. The zero-order valence-corrected chi connectivity index (χ0v) is 16.1. The van der Waals surface area contributed by atoms with Gasteiger partial charge in [-0.05, 0) is 32.4 Å². The fourth-order valence-electron chi connectivity index (χ4n) is 4.13. The molecule has 1 saturated heterocycles. The first-order chi connectivity index (χ1) is 13.0. The molecule has 4 heteroatoms. The Hall–Kier alpha value is -2.43. The molecule has 3 unspecified atom stereocenters. The minimum absolute atomic E-state index is 0.0363. The Kier molecular flexibility index (Phi) is 4.85. The highest BCUT2D eigenvalue weighted by atomic mass is 16.5. The van der Waals surface area contributed by atoms with E-state index in [1.54, 1.807) is 6.20 Å². The van der Waals surface area contributed by atoms with E-state index in [2.05, 4.69) is 54.9 Å². The van der Waals surface area contributed by atoms with Crippen molar-refractivity contribution in [3.63, 3.8) is 0 Å². The third kappa shape index (κ3) is 3.55. The van der Waals surface area contributed by atoms with Crippen LogP contribution in [0.15, 0.2) is 54.7 Å². The first kappa shape index (κ1) is 18.0. The van der Waals surface area contributed by atoms with Crippen molar-refractivity contribution in [1.82, 2.24) is 9.88 Å². The number of nitrogens with zero attached hydrogens (tertiary/aromatic N) is 2. The van der Waals surface area contributed by atoms with Gasteiger partial charge < -0.3 is 9.84 Å². The van der Waals surface area contributed by atoms with Crippen LogP contribution in [0.25, 0.3) is 10.9 Å². The van der Waals surface area contributed by atoms with Crippen LogP contribution >= 0.6 is 0 Å². The lowest BCUT2D eigenvalue weighted by Crippen LogP contribution is -2.47. The number of morpholine rings is 1. The van der Waals surface area contributed by atoms with Crippen LogP contribution in [0.3, 0.4) is 0 Å². The Morgan fingerprint density at radius 3 is 2.44 bits per heavy atom. The zero-order chi connectivity index (χ0) is 19.0. The van der Waals surface area contributed by atoms with Crippen LogP contribution in [0, 0.1) is 6.92 Å². The van der Waals surface area contributed by atoms with Crippen molar-refractivity contribution in [3.05, 3.63) is 71.4 Å². The summed E-state index contributed by atoms with van der Waals surface area (Å²) in [7, 11) is 0. The highest BCUT2D eigenvalue weighted by Crippen LogP contribution is 2.39. The summed E-state index contributed by atoms with van der Waals surface area (Å²) >= 11 is 0. The van der Waals surface area contributed by atoms with Crippen LogP contribution in [-0.2, 0) is 4.74 Å². The van der Waals surface area contributed by atoms with E-state index >= 15 is 0 Å². The SMILES string of the molecule is Cc1ccc(C(c2ccc3cccnc3c2O)N2CC(C)OC(C)C2)cc1. The Morgan fingerprint density at radius 1 is 1.04 bits per heavy atom. The number of hydrogen-bond donors (Lipinski definition) is 1. The van der Waals surface area contributed by atoms with E-state index in [1.165, 1.54) is 11.1 Å². The highest BCUT2D eigenvalue weighted by molar-refractivity contribution is 5.85. The first-order valence-corrected chi connectivity index (χ1v) is 9.55. The van der Waals surface area contributed by atoms with Gasteiger partial charge in [0, 0.05) is 30.2 Å². The summed E-state index contributed by atoms with van der Waals surface area (Å²) in [6, 6.07) is 16.5. The second kappa shape index (κ2) is 7.29. The molecule has 2 heterocycles. The normalized spacial score (nSPS) is 22.0. The lowest BCUT2D eigenvalue weighted by molar-refractivity contribution is -0.0767. The number of aromatic nitrogens is 1. The van der Waals surface area contributed by atoms with Crippen LogP contribution in [0.1, 0.15) is 36.6 Å². The molecule has 1 aliphatic heterocycles. The molecule has 1 aromatic heterocycles. The lowest BCUT2D eigenvalue weighted by atomic mass is 9.93. The summed E-state index contributed by atoms with van der Waals surface area (Å²) < 4.78 is 5.94. The molecular formula is C23H26N2O2. The molecule has 2 aromatic carbocycles. The van der Waals surface area contributed by atoms with Crippen molar-refractivity contribution < 1.29 is 9.84 Å². The number of fused-ring (bicyclic) bond motifs is 1. The predicted molar refractivity (Wildman–Crippen MR) is 108 cm³/mol. The second-order valence-corrected chi connectivity index (χ2v) is 7.60. The van der Waals surface area contributed by atoms with Crippen molar-refractivity contribution >= 4 is 10.9 Å². The van der Waals surface area contributed by atoms with E-state index in [4.69, 9.17) is 4.74 Å². The number of phenolic OH excluding ortho intramolecular Hbond substituents is 1. The Bertz CT molecular complexity index is 929. The number of phenols is 1. The summed E-state index contributed by atoms with van der Waals surface area (Å²) in [6.45, 7) is 7.95. The van der Waals surface area contributed by atoms with Gasteiger partial charge in [0.2, 0.25) is 0 Å². The molecule has 27 heavy (non-hydrogen) atoms. The molecule has 140 valence electrons. The van der Waals surface area contributed by atoms with Crippen molar-refractivity contribution in [2.24, 2.45) is 0 Å². The Labute approximate surface area is 160 Å². The fraction of sp³-hybridized carbons (Fsp3) is 0.348. The summed E-state index contributed by atoms with van der Waals surface area (Å²) in [4.78, 5) is 6.82. The van der Waals surface area contributed by atoms with Gasteiger partial charge in [0.15, 0.2) is 0 Å². The standard InChI is InChI=1S/C23H26N2O2/c1-15-6-8-19(9-7-15)22(25-13-16(2)27-17(3)14-25)20-11-10-18-5-4-12-24-21(18)23(20)26/h4-12,16-17,22,26H,13-14H2,1-3H3. The monoisotopic (exact) mass is 362 g/mol. The number of rotatable bonds is 3. The predicted octanol–water partition coefficient (Wildman–Crippen LogP) is 4.45. The minimum Gasteiger partial charge on any atom is -0.505 e. The van der Waals surface area contributed by atoms with E-state index in [9.17, 15) is 5.11 Å². The Balaban J connectivity index is 1.85. The van der Waals surface area contributed by atoms with E-state index in [0.29, 0.717) is 5.52 Å². The van der Waals surface area contributed by atoms with Crippen LogP contribution < -0.4 is 0 Å². The molecule has 0 aliphatic carbocycles. The first-order valence-electron chi connectivity index (χ1n) is 9.55. The Morgan fingerprint density at radius 2 is 1.74 bits per heavy atom. The minimum atomic E-state index is -0.0363.